The van der Waals surface area contributed by atoms with E-state index in [1.165, 1.54) is 4.68 Å². The second-order valence-corrected chi connectivity index (χ2v) is 6.65. The highest BCUT2D eigenvalue weighted by atomic mass is 79.9. The summed E-state index contributed by atoms with van der Waals surface area (Å²) in [5.41, 5.74) is 1.37. The summed E-state index contributed by atoms with van der Waals surface area (Å²) in [6.07, 6.45) is 1.67. The Kier molecular flexibility index (Phi) is 5.01. The van der Waals surface area contributed by atoms with E-state index in [9.17, 15) is 9.59 Å². The number of rotatable bonds is 4. The number of benzene rings is 2. The molecule has 0 unspecified atom stereocenters. The number of nitrogens with one attached hydrogen (secondary N) is 1. The Morgan fingerprint density at radius 3 is 2.56 bits per heavy atom. The second kappa shape index (κ2) is 7.21. The molecule has 0 saturated heterocycles. The van der Waals surface area contributed by atoms with Gasteiger partial charge in [-0.1, -0.05) is 39.7 Å². The summed E-state index contributed by atoms with van der Waals surface area (Å²) < 4.78 is 2.26. The highest BCUT2D eigenvalue weighted by Gasteiger charge is 2.19. The quantitative estimate of drug-likeness (QED) is 0.642. The van der Waals surface area contributed by atoms with Gasteiger partial charge in [0.15, 0.2) is 11.5 Å². The van der Waals surface area contributed by atoms with Gasteiger partial charge in [0.25, 0.3) is 5.91 Å². The minimum atomic E-state index is -0.392. The Labute approximate surface area is 157 Å². The van der Waals surface area contributed by atoms with Crippen molar-refractivity contribution in [1.29, 1.82) is 0 Å². The fourth-order valence-electron chi connectivity index (χ4n) is 2.33. The molecule has 0 bridgehead atoms. The van der Waals surface area contributed by atoms with Crippen LogP contribution in [-0.4, -0.2) is 21.5 Å². The second-order valence-electron chi connectivity index (χ2n) is 5.33. The first kappa shape index (κ1) is 17.4. The van der Waals surface area contributed by atoms with Crippen molar-refractivity contribution >= 4 is 44.9 Å². The zero-order valence-corrected chi connectivity index (χ0v) is 15.5. The number of halogens is 2. The average Bonchev–Trinajstić information content (AvgIpc) is 3.03. The molecule has 7 heteroatoms. The number of amides is 1. The number of hydrogen-bond acceptors (Lipinski definition) is 3. The lowest BCUT2D eigenvalue weighted by molar-refractivity contribution is 0.102. The molecule has 1 N–H and O–H groups in total. The third-order valence-corrected chi connectivity index (χ3v) is 4.36. The maximum atomic E-state index is 12.9. The predicted molar refractivity (Wildman–Crippen MR) is 100 cm³/mol. The number of nitrogens with zero attached hydrogens (tertiary/aromatic N) is 2. The van der Waals surface area contributed by atoms with E-state index in [0.29, 0.717) is 21.8 Å². The predicted octanol–water partition coefficient (Wildman–Crippen LogP) is 4.32. The van der Waals surface area contributed by atoms with Crippen molar-refractivity contribution in [2.75, 3.05) is 5.32 Å². The lowest BCUT2D eigenvalue weighted by Crippen LogP contribution is -2.16. The molecule has 1 aromatic heterocycles. The minimum Gasteiger partial charge on any atom is -0.320 e. The van der Waals surface area contributed by atoms with Crippen LogP contribution in [0.5, 0.6) is 0 Å². The molecular weight excluding hydrogens is 406 g/mol. The van der Waals surface area contributed by atoms with Crippen LogP contribution in [0, 0.1) is 0 Å². The fraction of sp³-hybridized carbons (Fsp3) is 0.0556. The van der Waals surface area contributed by atoms with Crippen LogP contribution in [0.1, 0.15) is 26.4 Å². The molecule has 0 spiro atoms. The number of carbonyl (C=O) groups excluding carboxylic acids is 2. The van der Waals surface area contributed by atoms with Gasteiger partial charge in [-0.3, -0.25) is 14.3 Å². The Morgan fingerprint density at radius 1 is 1.12 bits per heavy atom. The lowest BCUT2D eigenvalue weighted by atomic mass is 10.0. The summed E-state index contributed by atoms with van der Waals surface area (Å²) in [5.74, 6) is -0.667. The highest BCUT2D eigenvalue weighted by Crippen LogP contribution is 2.27. The van der Waals surface area contributed by atoms with Crippen molar-refractivity contribution in [3.05, 3.63) is 81.0 Å². The molecule has 0 saturated carbocycles. The van der Waals surface area contributed by atoms with Crippen LogP contribution < -0.4 is 5.32 Å². The average molecular weight is 419 g/mol. The van der Waals surface area contributed by atoms with Crippen LogP contribution in [0.15, 0.2) is 59.2 Å². The van der Waals surface area contributed by atoms with E-state index in [-0.39, 0.29) is 11.5 Å². The fourth-order valence-corrected chi connectivity index (χ4v) is 2.91. The van der Waals surface area contributed by atoms with Gasteiger partial charge >= 0.3 is 0 Å². The van der Waals surface area contributed by atoms with Gasteiger partial charge in [-0.2, -0.15) is 5.10 Å². The molecule has 0 aliphatic rings. The third-order valence-electron chi connectivity index (χ3n) is 3.54. The Balaban J connectivity index is 1.97. The van der Waals surface area contributed by atoms with Gasteiger partial charge in [-0.05, 0) is 36.4 Å². The van der Waals surface area contributed by atoms with Crippen molar-refractivity contribution in [2.24, 2.45) is 7.05 Å². The van der Waals surface area contributed by atoms with E-state index < -0.39 is 5.91 Å². The molecular formula is C18H13BrClN3O2. The standard InChI is InChI=1S/C18H13BrClN3O2/c1-23-9-8-16(22-23)18(25)21-15-7-6-11(19)10-13(15)17(24)12-4-2-3-5-14(12)20/h2-10H,1H3,(H,21,25). The summed E-state index contributed by atoms with van der Waals surface area (Å²) in [4.78, 5) is 25.2. The van der Waals surface area contributed by atoms with E-state index in [0.717, 1.165) is 4.47 Å². The number of ketones is 1. The summed E-state index contributed by atoms with van der Waals surface area (Å²) >= 11 is 9.49. The van der Waals surface area contributed by atoms with Crippen molar-refractivity contribution < 1.29 is 9.59 Å². The van der Waals surface area contributed by atoms with Crippen molar-refractivity contribution in [3.8, 4) is 0 Å². The number of hydrogen-bond donors (Lipinski definition) is 1. The van der Waals surface area contributed by atoms with Gasteiger partial charge in [0.2, 0.25) is 0 Å². The lowest BCUT2D eigenvalue weighted by Gasteiger charge is -2.11. The van der Waals surface area contributed by atoms with Gasteiger partial charge in [-0.25, -0.2) is 0 Å². The largest absolute Gasteiger partial charge is 0.320 e. The van der Waals surface area contributed by atoms with Crippen LogP contribution in [0.2, 0.25) is 5.02 Å². The van der Waals surface area contributed by atoms with Gasteiger partial charge in [-0.15, -0.1) is 0 Å². The first-order valence-electron chi connectivity index (χ1n) is 7.35. The number of carbonyl (C=O) groups is 2. The van der Waals surface area contributed by atoms with E-state index in [1.807, 2.05) is 0 Å². The molecule has 126 valence electrons. The monoisotopic (exact) mass is 417 g/mol. The minimum absolute atomic E-state index is 0.265. The normalized spacial score (nSPS) is 10.5. The number of aromatic nitrogens is 2. The van der Waals surface area contributed by atoms with Gasteiger partial charge in [0.1, 0.15) is 0 Å². The third kappa shape index (κ3) is 3.81. The molecule has 2 aromatic carbocycles. The van der Waals surface area contributed by atoms with Crippen LogP contribution in [0.3, 0.4) is 0 Å². The van der Waals surface area contributed by atoms with Crippen LogP contribution in [0.4, 0.5) is 5.69 Å². The van der Waals surface area contributed by atoms with Gasteiger partial charge in [0, 0.05) is 28.8 Å². The molecule has 0 atom stereocenters. The molecule has 0 aliphatic carbocycles. The van der Waals surface area contributed by atoms with Crippen molar-refractivity contribution in [1.82, 2.24) is 9.78 Å². The Bertz CT molecular complexity index is 968. The molecule has 25 heavy (non-hydrogen) atoms. The first-order chi connectivity index (χ1) is 12.0. The SMILES string of the molecule is Cn1ccc(C(=O)Nc2ccc(Br)cc2C(=O)c2ccccc2Cl)n1. The Morgan fingerprint density at radius 2 is 1.88 bits per heavy atom. The van der Waals surface area contributed by atoms with E-state index in [2.05, 4.69) is 26.3 Å². The molecule has 1 heterocycles. The van der Waals surface area contributed by atoms with Gasteiger partial charge < -0.3 is 5.32 Å². The zero-order valence-electron chi connectivity index (χ0n) is 13.2. The molecule has 0 radical (unpaired) electrons. The number of anilines is 1. The summed E-state index contributed by atoms with van der Waals surface area (Å²) in [6, 6.07) is 13.5. The molecule has 3 rings (SSSR count). The first-order valence-corrected chi connectivity index (χ1v) is 8.52. The van der Waals surface area contributed by atoms with E-state index >= 15 is 0 Å². The van der Waals surface area contributed by atoms with Crippen LogP contribution >= 0.6 is 27.5 Å². The van der Waals surface area contributed by atoms with E-state index in [4.69, 9.17) is 11.6 Å². The van der Waals surface area contributed by atoms with Crippen LogP contribution in [0.25, 0.3) is 0 Å². The van der Waals surface area contributed by atoms with Crippen molar-refractivity contribution in [2.45, 2.75) is 0 Å². The number of aryl methyl sites for hydroxylation is 1. The molecule has 3 aromatic rings. The van der Waals surface area contributed by atoms with Crippen molar-refractivity contribution in [3.63, 3.8) is 0 Å². The Hall–Kier alpha value is -2.44. The summed E-state index contributed by atoms with van der Waals surface area (Å²) in [5, 5.41) is 7.15. The summed E-state index contributed by atoms with van der Waals surface area (Å²) in [6.45, 7) is 0. The maximum Gasteiger partial charge on any atom is 0.276 e. The van der Waals surface area contributed by atoms with E-state index in [1.54, 1.807) is 61.8 Å². The molecule has 5 nitrogen and oxygen atoms in total. The zero-order chi connectivity index (χ0) is 18.0. The molecule has 0 fully saturated rings. The van der Waals surface area contributed by atoms with Crippen LogP contribution in [-0.2, 0) is 7.05 Å². The van der Waals surface area contributed by atoms with Gasteiger partial charge in [0.05, 0.1) is 10.7 Å². The maximum absolute atomic E-state index is 12.9. The summed E-state index contributed by atoms with van der Waals surface area (Å²) in [7, 11) is 1.72. The molecule has 1 amide bonds. The molecule has 0 aliphatic heterocycles. The topological polar surface area (TPSA) is 64.0 Å². The smallest absolute Gasteiger partial charge is 0.276 e. The highest BCUT2D eigenvalue weighted by molar-refractivity contribution is 9.10.